The van der Waals surface area contributed by atoms with Crippen molar-refractivity contribution in [3.8, 4) is 0 Å². The average molecular weight is 318 g/mol. The van der Waals surface area contributed by atoms with E-state index in [1.165, 1.54) is 28.9 Å². The highest BCUT2D eigenvalue weighted by molar-refractivity contribution is 5.90. The molecule has 0 aliphatic carbocycles. The van der Waals surface area contributed by atoms with Gasteiger partial charge in [0.05, 0.1) is 28.9 Å². The zero-order chi connectivity index (χ0) is 16.3. The summed E-state index contributed by atoms with van der Waals surface area (Å²) in [6.45, 7) is 2.13. The van der Waals surface area contributed by atoms with Crippen LogP contribution >= 0.6 is 0 Å². The average Bonchev–Trinajstić information content (AvgIpc) is 2.62. The minimum Gasteiger partial charge on any atom is -0.234 e. The summed E-state index contributed by atoms with van der Waals surface area (Å²) in [5.41, 5.74) is 5.14. The van der Waals surface area contributed by atoms with Gasteiger partial charge in [-0.15, -0.1) is 9.15 Å². The van der Waals surface area contributed by atoms with Gasteiger partial charge in [0.1, 0.15) is 0 Å². The van der Waals surface area contributed by atoms with E-state index in [9.17, 15) is 0 Å². The second-order valence-corrected chi connectivity index (χ2v) is 6.83. The molecular weight excluding hydrogens is 296 g/mol. The van der Waals surface area contributed by atoms with Crippen LogP contribution in [0.1, 0.15) is 17.5 Å². The van der Waals surface area contributed by atoms with Gasteiger partial charge in [0, 0.05) is 14.1 Å². The minimum atomic E-state index is -0.305. The molecule has 0 bridgehead atoms. The van der Waals surface area contributed by atoms with Crippen LogP contribution < -0.4 is 9.80 Å². The second kappa shape index (κ2) is 4.69. The molecule has 4 nitrogen and oxygen atoms in total. The Morgan fingerprint density at radius 2 is 1.21 bits per heavy atom. The number of anilines is 2. The van der Waals surface area contributed by atoms with Gasteiger partial charge < -0.3 is 0 Å². The van der Waals surface area contributed by atoms with Gasteiger partial charge in [-0.1, -0.05) is 24.3 Å². The summed E-state index contributed by atoms with van der Waals surface area (Å²) < 4.78 is 4.98. The fraction of sp³-hybridized carbons (Fsp3) is 0.300. The standard InChI is InChI=1S/C20H22N4/c1-21-18-10-5-3-8-16(18)14-23-12-7-13-24-15-17-9-4-6-11-19(17)22(2)20(21,23)24/h3-6,8-11,14-15H,7,12-13H2,1-2H3/q+2. The zero-order valence-corrected chi connectivity index (χ0v) is 14.2. The van der Waals surface area contributed by atoms with Crippen molar-refractivity contribution in [1.29, 1.82) is 0 Å². The fourth-order valence-electron chi connectivity index (χ4n) is 4.64. The van der Waals surface area contributed by atoms with Crippen LogP contribution in [0.25, 0.3) is 0 Å². The quantitative estimate of drug-likeness (QED) is 0.690. The minimum absolute atomic E-state index is 0.305. The third-order valence-corrected chi connectivity index (χ3v) is 5.65. The Morgan fingerprint density at radius 3 is 1.71 bits per heavy atom. The molecular formula is C20H22N4+2. The molecule has 3 aliphatic heterocycles. The predicted octanol–water partition coefficient (Wildman–Crippen LogP) is 2.16. The van der Waals surface area contributed by atoms with Crippen molar-refractivity contribution in [3.05, 3.63) is 59.7 Å². The number of hydrogen-bond acceptors (Lipinski definition) is 2. The Hall–Kier alpha value is -2.62. The highest BCUT2D eigenvalue weighted by Crippen LogP contribution is 2.40. The number of rotatable bonds is 0. The molecule has 0 aromatic heterocycles. The number of para-hydroxylation sites is 2. The van der Waals surface area contributed by atoms with Crippen molar-refractivity contribution in [2.45, 2.75) is 12.3 Å². The van der Waals surface area contributed by atoms with Gasteiger partial charge in [-0.2, -0.15) is 0 Å². The molecule has 3 aliphatic rings. The van der Waals surface area contributed by atoms with Crippen LogP contribution in [-0.4, -0.2) is 54.7 Å². The van der Waals surface area contributed by atoms with Gasteiger partial charge in [-0.25, -0.2) is 9.80 Å². The molecule has 0 saturated carbocycles. The lowest BCUT2D eigenvalue weighted by molar-refractivity contribution is -0.843. The Morgan fingerprint density at radius 1 is 0.750 bits per heavy atom. The summed E-state index contributed by atoms with van der Waals surface area (Å²) in [6.07, 6.45) is 5.83. The highest BCUT2D eigenvalue weighted by atomic mass is 15.7. The maximum Gasteiger partial charge on any atom is 0.532 e. The van der Waals surface area contributed by atoms with Crippen molar-refractivity contribution in [2.75, 3.05) is 37.0 Å². The summed E-state index contributed by atoms with van der Waals surface area (Å²) in [7, 11) is 4.44. The van der Waals surface area contributed by atoms with Crippen molar-refractivity contribution in [2.24, 2.45) is 0 Å². The van der Waals surface area contributed by atoms with Gasteiger partial charge in [-0.05, 0) is 24.3 Å². The number of nitrogens with zero attached hydrogens (tertiary/aromatic N) is 4. The van der Waals surface area contributed by atoms with E-state index in [0.29, 0.717) is 0 Å². The van der Waals surface area contributed by atoms with Gasteiger partial charge >= 0.3 is 5.91 Å². The molecule has 0 amide bonds. The Balaban J connectivity index is 1.81. The van der Waals surface area contributed by atoms with E-state index in [1.807, 2.05) is 0 Å². The van der Waals surface area contributed by atoms with Crippen LogP contribution in [0.15, 0.2) is 48.5 Å². The first kappa shape index (κ1) is 13.8. The van der Waals surface area contributed by atoms with Gasteiger partial charge in [0.25, 0.3) is 0 Å². The molecule has 1 fully saturated rings. The summed E-state index contributed by atoms with van der Waals surface area (Å²) in [6, 6.07) is 17.4. The topological polar surface area (TPSA) is 12.5 Å². The van der Waals surface area contributed by atoms with E-state index in [1.54, 1.807) is 0 Å². The van der Waals surface area contributed by atoms with Gasteiger partial charge in [0.15, 0.2) is 25.5 Å². The second-order valence-electron chi connectivity index (χ2n) is 6.83. The smallest absolute Gasteiger partial charge is 0.234 e. The molecule has 4 heteroatoms. The summed E-state index contributed by atoms with van der Waals surface area (Å²) >= 11 is 0. The number of benzene rings is 2. The summed E-state index contributed by atoms with van der Waals surface area (Å²) in [4.78, 5) is 4.85. The van der Waals surface area contributed by atoms with E-state index >= 15 is 0 Å². The van der Waals surface area contributed by atoms with Crippen molar-refractivity contribution in [1.82, 2.24) is 0 Å². The predicted molar refractivity (Wildman–Crippen MR) is 97.6 cm³/mol. The SMILES string of the molecule is CN1c2ccccc2C=[N+]2CCC[N+]3=Cc4ccccc4N(C)C123. The normalized spacial score (nSPS) is 20.2. The maximum absolute atomic E-state index is 2.49. The summed E-state index contributed by atoms with van der Waals surface area (Å²) in [5, 5.41) is 0. The Labute approximate surface area is 142 Å². The molecule has 0 unspecified atom stereocenters. The van der Waals surface area contributed by atoms with E-state index in [0.717, 1.165) is 13.1 Å². The summed E-state index contributed by atoms with van der Waals surface area (Å²) in [5.74, 6) is -0.305. The maximum atomic E-state index is 2.49. The molecule has 1 spiro atoms. The van der Waals surface area contributed by atoms with Crippen LogP contribution in [0.3, 0.4) is 0 Å². The van der Waals surface area contributed by atoms with Gasteiger partial charge in [0.2, 0.25) is 0 Å². The monoisotopic (exact) mass is 318 g/mol. The first-order valence-corrected chi connectivity index (χ1v) is 8.62. The number of hydrogen-bond donors (Lipinski definition) is 0. The lowest BCUT2D eigenvalue weighted by Gasteiger charge is -2.46. The molecule has 0 radical (unpaired) electrons. The van der Waals surface area contributed by atoms with Crippen LogP contribution in [0.4, 0.5) is 11.4 Å². The molecule has 2 aromatic rings. The van der Waals surface area contributed by atoms with Crippen molar-refractivity contribution < 1.29 is 9.15 Å². The molecule has 1 saturated heterocycles. The van der Waals surface area contributed by atoms with E-state index in [4.69, 9.17) is 0 Å². The van der Waals surface area contributed by atoms with Crippen LogP contribution in [0.2, 0.25) is 0 Å². The van der Waals surface area contributed by atoms with Crippen molar-refractivity contribution >= 4 is 23.8 Å². The largest absolute Gasteiger partial charge is 0.532 e. The van der Waals surface area contributed by atoms with Crippen LogP contribution in [0.5, 0.6) is 0 Å². The third-order valence-electron chi connectivity index (χ3n) is 5.65. The molecule has 24 heavy (non-hydrogen) atoms. The van der Waals surface area contributed by atoms with E-state index in [-0.39, 0.29) is 5.91 Å². The van der Waals surface area contributed by atoms with E-state index < -0.39 is 0 Å². The molecule has 3 heterocycles. The lowest BCUT2D eigenvalue weighted by Crippen LogP contribution is -2.76. The Kier molecular flexibility index (Phi) is 2.70. The third kappa shape index (κ3) is 1.53. The molecule has 120 valence electrons. The highest BCUT2D eigenvalue weighted by Gasteiger charge is 2.65. The van der Waals surface area contributed by atoms with Crippen LogP contribution in [-0.2, 0) is 0 Å². The first-order valence-electron chi connectivity index (χ1n) is 8.62. The first-order chi connectivity index (χ1) is 11.7. The molecule has 0 N–H and O–H groups in total. The van der Waals surface area contributed by atoms with E-state index in [2.05, 4.69) is 94.0 Å². The van der Waals surface area contributed by atoms with Gasteiger partial charge in [-0.3, -0.25) is 0 Å². The molecule has 2 aromatic carbocycles. The van der Waals surface area contributed by atoms with Crippen LogP contribution in [0, 0.1) is 0 Å². The molecule has 5 rings (SSSR count). The zero-order valence-electron chi connectivity index (χ0n) is 14.2. The fourth-order valence-corrected chi connectivity index (χ4v) is 4.64. The number of fused-ring (bicyclic) bond motifs is 2. The van der Waals surface area contributed by atoms with Crippen molar-refractivity contribution in [3.63, 3.8) is 0 Å². The molecule has 0 atom stereocenters. The Bertz CT molecular complexity index is 823. The lowest BCUT2D eigenvalue weighted by atomic mass is 10.0.